The Morgan fingerprint density at radius 3 is 2.65 bits per heavy atom. The lowest BCUT2D eigenvalue weighted by Crippen LogP contribution is -2.29. The zero-order valence-electron chi connectivity index (χ0n) is 10.9. The molecule has 0 bridgehead atoms. The summed E-state index contributed by atoms with van der Waals surface area (Å²) in [6, 6.07) is 5.46. The largest absolute Gasteiger partial charge is 0.481 e. The second kappa shape index (κ2) is 5.28. The Bertz CT molecular complexity index is 572. The van der Waals surface area contributed by atoms with Crippen molar-refractivity contribution in [3.63, 3.8) is 0 Å². The summed E-state index contributed by atoms with van der Waals surface area (Å²) in [5.74, 6) is -2.01. The number of likely N-dealkylation sites (tertiary alicyclic amines) is 1. The number of nitro groups is 1. The van der Waals surface area contributed by atoms with Gasteiger partial charge < -0.3 is 10.0 Å². The van der Waals surface area contributed by atoms with Gasteiger partial charge in [-0.1, -0.05) is 13.0 Å². The standard InChI is InChI=1S/C13H14N2O5/c1-8-6-14(7-11(8)13(17)18)12(16)9-3-2-4-10(5-9)15(19)20/h2-5,8,11H,6-7H2,1H3,(H,17,18). The number of non-ortho nitro benzene ring substituents is 1. The number of carbonyl (C=O) groups excluding carboxylic acids is 1. The fourth-order valence-corrected chi connectivity index (χ4v) is 2.39. The highest BCUT2D eigenvalue weighted by molar-refractivity contribution is 5.95. The summed E-state index contributed by atoms with van der Waals surface area (Å²) in [7, 11) is 0. The molecule has 1 amide bonds. The first kappa shape index (κ1) is 14.0. The maximum Gasteiger partial charge on any atom is 0.308 e. The fourth-order valence-electron chi connectivity index (χ4n) is 2.39. The van der Waals surface area contributed by atoms with Crippen molar-refractivity contribution >= 4 is 17.6 Å². The van der Waals surface area contributed by atoms with E-state index in [0.29, 0.717) is 6.54 Å². The lowest BCUT2D eigenvalue weighted by molar-refractivity contribution is -0.384. The van der Waals surface area contributed by atoms with Gasteiger partial charge in [0, 0.05) is 30.8 Å². The van der Waals surface area contributed by atoms with Crippen molar-refractivity contribution in [3.05, 3.63) is 39.9 Å². The molecule has 7 nitrogen and oxygen atoms in total. The quantitative estimate of drug-likeness (QED) is 0.665. The van der Waals surface area contributed by atoms with Crippen molar-refractivity contribution < 1.29 is 19.6 Å². The number of carbonyl (C=O) groups is 2. The molecule has 1 aromatic carbocycles. The molecule has 1 saturated heterocycles. The van der Waals surface area contributed by atoms with E-state index >= 15 is 0 Å². The predicted octanol–water partition coefficient (Wildman–Crippen LogP) is 1.39. The molecular weight excluding hydrogens is 264 g/mol. The van der Waals surface area contributed by atoms with E-state index < -0.39 is 16.8 Å². The summed E-state index contributed by atoms with van der Waals surface area (Å²) in [5.41, 5.74) is 0.0512. The third-order valence-corrected chi connectivity index (χ3v) is 3.52. The average Bonchev–Trinajstić information content (AvgIpc) is 2.80. The number of hydrogen-bond donors (Lipinski definition) is 1. The zero-order valence-corrected chi connectivity index (χ0v) is 10.9. The molecule has 106 valence electrons. The molecule has 1 aliphatic heterocycles. The van der Waals surface area contributed by atoms with Gasteiger partial charge in [-0.3, -0.25) is 19.7 Å². The summed E-state index contributed by atoms with van der Waals surface area (Å²) < 4.78 is 0. The van der Waals surface area contributed by atoms with Gasteiger partial charge in [-0.25, -0.2) is 0 Å². The van der Waals surface area contributed by atoms with Crippen LogP contribution in [0.15, 0.2) is 24.3 Å². The minimum atomic E-state index is -0.924. The molecule has 0 aromatic heterocycles. The Kier molecular flexibility index (Phi) is 3.69. The number of amides is 1. The maximum atomic E-state index is 12.2. The van der Waals surface area contributed by atoms with Crippen LogP contribution in [0.3, 0.4) is 0 Å². The Balaban J connectivity index is 2.18. The highest BCUT2D eigenvalue weighted by atomic mass is 16.6. The first-order valence-corrected chi connectivity index (χ1v) is 6.16. The van der Waals surface area contributed by atoms with Crippen molar-refractivity contribution in [2.24, 2.45) is 11.8 Å². The van der Waals surface area contributed by atoms with Gasteiger partial charge in [0.05, 0.1) is 10.8 Å². The molecular formula is C13H14N2O5. The molecule has 1 aliphatic rings. The highest BCUT2D eigenvalue weighted by Gasteiger charge is 2.37. The van der Waals surface area contributed by atoms with Crippen LogP contribution in [0.1, 0.15) is 17.3 Å². The van der Waals surface area contributed by atoms with E-state index in [4.69, 9.17) is 5.11 Å². The normalized spacial score (nSPS) is 21.8. The van der Waals surface area contributed by atoms with E-state index in [9.17, 15) is 19.7 Å². The van der Waals surface area contributed by atoms with Gasteiger partial charge in [0.25, 0.3) is 11.6 Å². The molecule has 0 radical (unpaired) electrons. The number of nitrogens with zero attached hydrogens (tertiary/aromatic N) is 2. The molecule has 1 aromatic rings. The van der Waals surface area contributed by atoms with Crippen LogP contribution in [0, 0.1) is 22.0 Å². The number of rotatable bonds is 3. The van der Waals surface area contributed by atoms with Crippen LogP contribution in [0.4, 0.5) is 5.69 Å². The van der Waals surface area contributed by atoms with Crippen LogP contribution in [0.25, 0.3) is 0 Å². The monoisotopic (exact) mass is 278 g/mol. The highest BCUT2D eigenvalue weighted by Crippen LogP contribution is 2.25. The van der Waals surface area contributed by atoms with Gasteiger partial charge in [0.15, 0.2) is 0 Å². The Morgan fingerprint density at radius 1 is 1.40 bits per heavy atom. The smallest absolute Gasteiger partial charge is 0.308 e. The Morgan fingerprint density at radius 2 is 2.10 bits per heavy atom. The minimum absolute atomic E-state index is 0.129. The molecule has 0 spiro atoms. The molecule has 2 atom stereocenters. The van der Waals surface area contributed by atoms with Gasteiger partial charge >= 0.3 is 5.97 Å². The average molecular weight is 278 g/mol. The third kappa shape index (κ3) is 2.61. The van der Waals surface area contributed by atoms with Crippen LogP contribution in [0.2, 0.25) is 0 Å². The molecule has 2 rings (SSSR count). The van der Waals surface area contributed by atoms with Gasteiger partial charge in [0.1, 0.15) is 0 Å². The minimum Gasteiger partial charge on any atom is -0.481 e. The number of nitro benzene ring substituents is 1. The lowest BCUT2D eigenvalue weighted by atomic mass is 9.99. The SMILES string of the molecule is CC1CN(C(=O)c2cccc([N+](=O)[O-])c2)CC1C(=O)O. The first-order valence-electron chi connectivity index (χ1n) is 6.16. The number of carboxylic acid groups (broad SMARTS) is 1. The molecule has 0 saturated carbocycles. The van der Waals surface area contributed by atoms with E-state index in [1.165, 1.54) is 29.2 Å². The molecule has 0 aliphatic carbocycles. The van der Waals surface area contributed by atoms with Crippen LogP contribution >= 0.6 is 0 Å². The topological polar surface area (TPSA) is 101 Å². The first-order chi connectivity index (χ1) is 9.40. The maximum absolute atomic E-state index is 12.2. The third-order valence-electron chi connectivity index (χ3n) is 3.52. The van der Waals surface area contributed by atoms with Crippen molar-refractivity contribution in [1.82, 2.24) is 4.90 Å². The van der Waals surface area contributed by atoms with E-state index in [-0.39, 0.29) is 29.6 Å². The number of carboxylic acids is 1. The van der Waals surface area contributed by atoms with Crippen molar-refractivity contribution in [2.45, 2.75) is 6.92 Å². The van der Waals surface area contributed by atoms with Crippen LogP contribution in [-0.2, 0) is 4.79 Å². The van der Waals surface area contributed by atoms with Gasteiger partial charge in [-0.15, -0.1) is 0 Å². The molecule has 1 fully saturated rings. The van der Waals surface area contributed by atoms with E-state index in [0.717, 1.165) is 0 Å². The summed E-state index contributed by atoms with van der Waals surface area (Å²) in [6.07, 6.45) is 0. The molecule has 20 heavy (non-hydrogen) atoms. The van der Waals surface area contributed by atoms with E-state index in [1.807, 2.05) is 0 Å². The van der Waals surface area contributed by atoms with Crippen molar-refractivity contribution in [1.29, 1.82) is 0 Å². The summed E-state index contributed by atoms with van der Waals surface area (Å²) in [4.78, 5) is 34.8. The Hall–Kier alpha value is -2.44. The van der Waals surface area contributed by atoms with Crippen molar-refractivity contribution in [2.75, 3.05) is 13.1 Å². The zero-order chi connectivity index (χ0) is 14.9. The molecule has 1 heterocycles. The molecule has 1 N–H and O–H groups in total. The second-order valence-corrected chi connectivity index (χ2v) is 4.94. The number of benzene rings is 1. The van der Waals surface area contributed by atoms with E-state index in [2.05, 4.69) is 0 Å². The number of hydrogen-bond acceptors (Lipinski definition) is 4. The number of aliphatic carboxylic acids is 1. The van der Waals surface area contributed by atoms with Gasteiger partial charge in [0.2, 0.25) is 0 Å². The van der Waals surface area contributed by atoms with Gasteiger partial charge in [-0.05, 0) is 12.0 Å². The Labute approximate surface area is 115 Å². The van der Waals surface area contributed by atoms with Gasteiger partial charge in [-0.2, -0.15) is 0 Å². The summed E-state index contributed by atoms with van der Waals surface area (Å²) in [5, 5.41) is 19.7. The fraction of sp³-hybridized carbons (Fsp3) is 0.385. The van der Waals surface area contributed by atoms with Crippen LogP contribution in [0.5, 0.6) is 0 Å². The molecule has 2 unspecified atom stereocenters. The lowest BCUT2D eigenvalue weighted by Gasteiger charge is -2.15. The summed E-state index contributed by atoms with van der Waals surface area (Å²) >= 11 is 0. The second-order valence-electron chi connectivity index (χ2n) is 4.94. The van der Waals surface area contributed by atoms with Crippen LogP contribution in [-0.4, -0.2) is 39.9 Å². The van der Waals surface area contributed by atoms with Crippen LogP contribution < -0.4 is 0 Å². The van der Waals surface area contributed by atoms with Crippen molar-refractivity contribution in [3.8, 4) is 0 Å². The predicted molar refractivity (Wildman–Crippen MR) is 69.3 cm³/mol. The summed E-state index contributed by atoms with van der Waals surface area (Å²) in [6.45, 7) is 2.26. The van der Waals surface area contributed by atoms with E-state index in [1.54, 1.807) is 6.92 Å². The molecule has 7 heteroatoms.